The monoisotopic (exact) mass is 309 g/mol. The zero-order valence-electron chi connectivity index (χ0n) is 10.3. The van der Waals surface area contributed by atoms with Crippen molar-refractivity contribution >= 4 is 11.9 Å². The molecule has 0 atom stereocenters. The van der Waals surface area contributed by atoms with E-state index in [0.717, 1.165) is 0 Å². The van der Waals surface area contributed by atoms with E-state index in [0.29, 0.717) is 0 Å². The Morgan fingerprint density at radius 1 is 0.952 bits per heavy atom. The molecule has 21 heavy (non-hydrogen) atoms. The minimum Gasteiger partial charge on any atom is -0.481 e. The number of aliphatic carboxylic acids is 1. The molecule has 1 aromatic carbocycles. The van der Waals surface area contributed by atoms with Crippen molar-refractivity contribution in [1.82, 2.24) is 5.32 Å². The van der Waals surface area contributed by atoms with Crippen LogP contribution in [0.5, 0.6) is 0 Å². The second-order valence-electron chi connectivity index (χ2n) is 4.71. The first kappa shape index (κ1) is 15.2. The third-order valence-electron chi connectivity index (χ3n) is 3.33. The Kier molecular flexibility index (Phi) is 3.60. The first-order chi connectivity index (χ1) is 9.71. The van der Waals surface area contributed by atoms with E-state index in [1.165, 1.54) is 0 Å². The maximum Gasteiger partial charge on any atom is 0.311 e. The van der Waals surface area contributed by atoms with Crippen LogP contribution in [-0.4, -0.2) is 23.5 Å². The van der Waals surface area contributed by atoms with Gasteiger partial charge in [-0.25, -0.2) is 22.0 Å². The van der Waals surface area contributed by atoms with Crippen molar-refractivity contribution in [2.45, 2.75) is 12.8 Å². The molecule has 0 unspecified atom stereocenters. The van der Waals surface area contributed by atoms with Crippen molar-refractivity contribution in [1.29, 1.82) is 0 Å². The molecule has 9 heteroatoms. The number of hydrogen-bond donors (Lipinski definition) is 2. The zero-order chi connectivity index (χ0) is 15.9. The molecule has 0 spiro atoms. The molecule has 0 bridgehead atoms. The molecule has 4 nitrogen and oxygen atoms in total. The van der Waals surface area contributed by atoms with E-state index in [4.69, 9.17) is 5.11 Å². The summed E-state index contributed by atoms with van der Waals surface area (Å²) in [4.78, 5) is 22.4. The van der Waals surface area contributed by atoms with Crippen LogP contribution < -0.4 is 5.32 Å². The van der Waals surface area contributed by atoms with Gasteiger partial charge in [0.2, 0.25) is 5.82 Å². The number of halogens is 5. The summed E-state index contributed by atoms with van der Waals surface area (Å²) in [5.41, 5.74) is -2.87. The molecule has 1 saturated carbocycles. The van der Waals surface area contributed by atoms with E-state index in [9.17, 15) is 31.5 Å². The number of carboxylic acids is 1. The standard InChI is InChI=1S/C12H8F5NO3/c13-5-4(6(14)8(16)9(17)7(5)15)10(19)18-3-12(1-2-12)11(20)21/h1-3H2,(H,18,19)(H,20,21). The summed E-state index contributed by atoms with van der Waals surface area (Å²) < 4.78 is 65.4. The molecule has 2 rings (SSSR count). The average Bonchev–Trinajstić information content (AvgIpc) is 3.22. The maximum absolute atomic E-state index is 13.3. The molecule has 0 aromatic heterocycles. The molecule has 2 N–H and O–H groups in total. The lowest BCUT2D eigenvalue weighted by atomic mass is 10.1. The zero-order valence-corrected chi connectivity index (χ0v) is 10.3. The highest BCUT2D eigenvalue weighted by atomic mass is 19.2. The van der Waals surface area contributed by atoms with Gasteiger partial charge in [-0.3, -0.25) is 9.59 Å². The minimum absolute atomic E-state index is 0.250. The second kappa shape index (κ2) is 4.97. The molecule has 0 aliphatic heterocycles. The van der Waals surface area contributed by atoms with Crippen molar-refractivity contribution in [3.8, 4) is 0 Å². The predicted molar refractivity (Wildman–Crippen MR) is 57.9 cm³/mol. The maximum atomic E-state index is 13.3. The number of nitrogens with one attached hydrogen (secondary N) is 1. The molecule has 0 saturated heterocycles. The third-order valence-corrected chi connectivity index (χ3v) is 3.33. The molecule has 1 amide bonds. The first-order valence-corrected chi connectivity index (χ1v) is 5.74. The van der Waals surface area contributed by atoms with Gasteiger partial charge in [-0.15, -0.1) is 0 Å². The highest BCUT2D eigenvalue weighted by Crippen LogP contribution is 2.45. The summed E-state index contributed by atoms with van der Waals surface area (Å²) in [6, 6.07) is 0. The van der Waals surface area contributed by atoms with Gasteiger partial charge in [0.1, 0.15) is 5.56 Å². The second-order valence-corrected chi connectivity index (χ2v) is 4.71. The van der Waals surface area contributed by atoms with Crippen molar-refractivity contribution in [3.63, 3.8) is 0 Å². The van der Waals surface area contributed by atoms with Crippen LogP contribution in [0.15, 0.2) is 0 Å². The lowest BCUT2D eigenvalue weighted by molar-refractivity contribution is -0.143. The molecule has 0 heterocycles. The highest BCUT2D eigenvalue weighted by Gasteiger charge is 2.50. The van der Waals surface area contributed by atoms with Crippen molar-refractivity contribution in [2.24, 2.45) is 5.41 Å². The van der Waals surface area contributed by atoms with E-state index in [2.05, 4.69) is 0 Å². The highest BCUT2D eigenvalue weighted by molar-refractivity contribution is 5.95. The summed E-state index contributed by atoms with van der Waals surface area (Å²) in [5.74, 6) is -14.1. The van der Waals surface area contributed by atoms with Gasteiger partial charge in [0.05, 0.1) is 5.41 Å². The van der Waals surface area contributed by atoms with Crippen molar-refractivity contribution in [3.05, 3.63) is 34.6 Å². The fraction of sp³-hybridized carbons (Fsp3) is 0.333. The number of benzene rings is 1. The molecule has 114 valence electrons. The Hall–Kier alpha value is -2.19. The number of carbonyl (C=O) groups is 2. The van der Waals surface area contributed by atoms with Crippen LogP contribution in [-0.2, 0) is 4.79 Å². The van der Waals surface area contributed by atoms with Gasteiger partial charge in [-0.1, -0.05) is 0 Å². The summed E-state index contributed by atoms with van der Waals surface area (Å²) in [6.45, 7) is -0.458. The molecule has 0 radical (unpaired) electrons. The topological polar surface area (TPSA) is 66.4 Å². The van der Waals surface area contributed by atoms with Gasteiger partial charge in [0, 0.05) is 6.54 Å². The quantitative estimate of drug-likeness (QED) is 0.508. The van der Waals surface area contributed by atoms with Crippen LogP contribution >= 0.6 is 0 Å². The lowest BCUT2D eigenvalue weighted by Gasteiger charge is -2.12. The van der Waals surface area contributed by atoms with Gasteiger partial charge >= 0.3 is 5.97 Å². The molecule has 1 fully saturated rings. The van der Waals surface area contributed by atoms with Gasteiger partial charge in [0.25, 0.3) is 5.91 Å². The lowest BCUT2D eigenvalue weighted by Crippen LogP contribution is -2.35. The average molecular weight is 309 g/mol. The van der Waals surface area contributed by atoms with E-state index < -0.39 is 58.5 Å². The number of carbonyl (C=O) groups excluding carboxylic acids is 1. The third kappa shape index (κ3) is 2.43. The van der Waals surface area contributed by atoms with Crippen LogP contribution in [0.4, 0.5) is 22.0 Å². The van der Waals surface area contributed by atoms with E-state index in [1.807, 2.05) is 5.32 Å². The summed E-state index contributed by atoms with van der Waals surface area (Å²) in [5, 5.41) is 10.7. The van der Waals surface area contributed by atoms with Gasteiger partial charge in [-0.05, 0) is 12.8 Å². The number of amides is 1. The SMILES string of the molecule is O=C(NCC1(C(=O)O)CC1)c1c(F)c(F)c(F)c(F)c1F. The Bertz CT molecular complexity index is 613. The van der Waals surface area contributed by atoms with Crippen LogP contribution in [0.3, 0.4) is 0 Å². The van der Waals surface area contributed by atoms with E-state index >= 15 is 0 Å². The van der Waals surface area contributed by atoms with Crippen molar-refractivity contribution < 1.29 is 36.6 Å². The Labute approximate surface area is 114 Å². The Morgan fingerprint density at radius 2 is 1.38 bits per heavy atom. The molecular formula is C12H8F5NO3. The summed E-state index contributed by atoms with van der Waals surface area (Å²) in [7, 11) is 0. The predicted octanol–water partition coefficient (Wildman–Crippen LogP) is 1.98. The number of hydrogen-bond acceptors (Lipinski definition) is 2. The Balaban J connectivity index is 2.26. The largest absolute Gasteiger partial charge is 0.481 e. The van der Waals surface area contributed by atoms with Gasteiger partial charge in [0.15, 0.2) is 23.3 Å². The smallest absolute Gasteiger partial charge is 0.311 e. The van der Waals surface area contributed by atoms with Crippen LogP contribution in [0, 0.1) is 34.5 Å². The van der Waals surface area contributed by atoms with Crippen molar-refractivity contribution in [2.75, 3.05) is 6.54 Å². The van der Waals surface area contributed by atoms with Gasteiger partial charge in [-0.2, -0.15) is 0 Å². The number of rotatable bonds is 4. The first-order valence-electron chi connectivity index (χ1n) is 5.74. The van der Waals surface area contributed by atoms with Crippen LogP contribution in [0.1, 0.15) is 23.2 Å². The van der Waals surface area contributed by atoms with E-state index in [-0.39, 0.29) is 12.8 Å². The molecule has 1 aliphatic carbocycles. The molecular weight excluding hydrogens is 301 g/mol. The van der Waals surface area contributed by atoms with Crippen LogP contribution in [0.2, 0.25) is 0 Å². The fourth-order valence-corrected chi connectivity index (χ4v) is 1.76. The Morgan fingerprint density at radius 3 is 1.76 bits per heavy atom. The molecule has 1 aromatic rings. The summed E-state index contributed by atoms with van der Waals surface area (Å²) in [6.07, 6.45) is 0.499. The molecule has 1 aliphatic rings. The fourth-order valence-electron chi connectivity index (χ4n) is 1.76. The normalized spacial score (nSPS) is 15.7. The van der Waals surface area contributed by atoms with Gasteiger partial charge < -0.3 is 10.4 Å². The van der Waals surface area contributed by atoms with E-state index in [1.54, 1.807) is 0 Å². The van der Waals surface area contributed by atoms with Crippen LogP contribution in [0.25, 0.3) is 0 Å². The number of carboxylic acid groups (broad SMARTS) is 1. The minimum atomic E-state index is -2.37. The summed E-state index contributed by atoms with van der Waals surface area (Å²) >= 11 is 0.